The topological polar surface area (TPSA) is 83.7 Å². The molecule has 1 aliphatic heterocycles. The Bertz CT molecular complexity index is 622. The molecular formula is C18H25N3O3. The summed E-state index contributed by atoms with van der Waals surface area (Å²) in [4.78, 5) is 39.7. The molecular weight excluding hydrogens is 306 g/mol. The quantitative estimate of drug-likeness (QED) is 0.907. The van der Waals surface area contributed by atoms with Gasteiger partial charge in [-0.2, -0.15) is 0 Å². The maximum absolute atomic E-state index is 12.6. The van der Waals surface area contributed by atoms with Gasteiger partial charge >= 0.3 is 0 Å². The molecule has 0 saturated carbocycles. The highest BCUT2D eigenvalue weighted by molar-refractivity contribution is 5.93. The summed E-state index contributed by atoms with van der Waals surface area (Å²) in [5.74, 6) is -0.954. The molecule has 3 amide bonds. The van der Waals surface area contributed by atoms with Crippen LogP contribution in [0.1, 0.15) is 39.2 Å². The van der Waals surface area contributed by atoms with Crippen LogP contribution in [0.15, 0.2) is 30.3 Å². The summed E-state index contributed by atoms with van der Waals surface area (Å²) in [5, 5.41) is 0. The van der Waals surface area contributed by atoms with E-state index in [1.54, 1.807) is 4.90 Å². The van der Waals surface area contributed by atoms with Crippen molar-refractivity contribution in [1.29, 1.82) is 0 Å². The van der Waals surface area contributed by atoms with Gasteiger partial charge in [0.1, 0.15) is 6.04 Å². The zero-order valence-corrected chi connectivity index (χ0v) is 14.5. The van der Waals surface area contributed by atoms with Crippen LogP contribution in [-0.2, 0) is 20.9 Å². The van der Waals surface area contributed by atoms with Gasteiger partial charge in [-0.3, -0.25) is 14.4 Å². The van der Waals surface area contributed by atoms with Gasteiger partial charge in [0.25, 0.3) is 0 Å². The Kier molecular flexibility index (Phi) is 5.26. The molecule has 1 fully saturated rings. The Labute approximate surface area is 142 Å². The van der Waals surface area contributed by atoms with Gasteiger partial charge in [0.2, 0.25) is 17.7 Å². The van der Waals surface area contributed by atoms with Crippen LogP contribution in [0.4, 0.5) is 0 Å². The van der Waals surface area contributed by atoms with E-state index in [2.05, 4.69) is 0 Å². The molecule has 1 aromatic carbocycles. The number of carbonyl (C=O) groups is 3. The second kappa shape index (κ2) is 7.03. The summed E-state index contributed by atoms with van der Waals surface area (Å²) in [7, 11) is 0. The van der Waals surface area contributed by atoms with Gasteiger partial charge in [-0.15, -0.1) is 0 Å². The molecule has 130 valence electrons. The van der Waals surface area contributed by atoms with E-state index in [4.69, 9.17) is 5.73 Å². The van der Waals surface area contributed by atoms with E-state index >= 15 is 0 Å². The molecule has 2 rings (SSSR count). The minimum absolute atomic E-state index is 0.0575. The third kappa shape index (κ3) is 4.57. The summed E-state index contributed by atoms with van der Waals surface area (Å²) >= 11 is 0. The molecule has 1 aromatic rings. The molecule has 1 saturated heterocycles. The van der Waals surface area contributed by atoms with Crippen molar-refractivity contribution in [3.8, 4) is 0 Å². The van der Waals surface area contributed by atoms with Gasteiger partial charge in [0.15, 0.2) is 0 Å². The van der Waals surface area contributed by atoms with Crippen molar-refractivity contribution in [2.45, 2.75) is 46.2 Å². The monoisotopic (exact) mass is 331 g/mol. The number of nitrogens with two attached hydrogens (primary N) is 1. The average Bonchev–Trinajstić information content (AvgIpc) is 2.48. The van der Waals surface area contributed by atoms with Crippen LogP contribution >= 0.6 is 0 Å². The first kappa shape index (κ1) is 18.0. The second-order valence-electron chi connectivity index (χ2n) is 7.44. The minimum atomic E-state index is -0.862. The van der Waals surface area contributed by atoms with E-state index in [0.717, 1.165) is 5.56 Å². The first-order valence-corrected chi connectivity index (χ1v) is 8.08. The molecule has 1 unspecified atom stereocenters. The number of rotatable bonds is 4. The van der Waals surface area contributed by atoms with Gasteiger partial charge < -0.3 is 15.5 Å². The lowest BCUT2D eigenvalue weighted by atomic mass is 9.91. The van der Waals surface area contributed by atoms with Crippen LogP contribution in [0, 0.1) is 5.41 Å². The lowest BCUT2D eigenvalue weighted by molar-refractivity contribution is -0.156. The van der Waals surface area contributed by atoms with Crippen molar-refractivity contribution in [1.82, 2.24) is 9.80 Å². The zero-order chi connectivity index (χ0) is 17.9. The molecule has 0 aromatic heterocycles. The maximum Gasteiger partial charge on any atom is 0.240 e. The summed E-state index contributed by atoms with van der Waals surface area (Å²) < 4.78 is 0. The van der Waals surface area contributed by atoms with Gasteiger partial charge in [-0.25, -0.2) is 0 Å². The van der Waals surface area contributed by atoms with Crippen molar-refractivity contribution in [2.24, 2.45) is 11.1 Å². The van der Waals surface area contributed by atoms with E-state index in [9.17, 15) is 14.4 Å². The summed E-state index contributed by atoms with van der Waals surface area (Å²) in [6.07, 6.45) is 0.238. The normalized spacial score (nSPS) is 18.6. The number of carbonyl (C=O) groups excluding carboxylic acids is 3. The van der Waals surface area contributed by atoms with Gasteiger partial charge in [0, 0.05) is 13.0 Å². The summed E-state index contributed by atoms with van der Waals surface area (Å²) in [6.45, 7) is 6.38. The van der Waals surface area contributed by atoms with E-state index in [1.807, 2.05) is 51.1 Å². The highest BCUT2D eigenvalue weighted by Gasteiger charge is 2.38. The first-order chi connectivity index (χ1) is 11.2. The van der Waals surface area contributed by atoms with Crippen LogP contribution in [0.2, 0.25) is 0 Å². The lowest BCUT2D eigenvalue weighted by Gasteiger charge is -2.40. The van der Waals surface area contributed by atoms with E-state index in [0.29, 0.717) is 13.0 Å². The van der Waals surface area contributed by atoms with Crippen LogP contribution in [0.25, 0.3) is 0 Å². The Balaban J connectivity index is 2.17. The van der Waals surface area contributed by atoms with Crippen molar-refractivity contribution in [3.05, 3.63) is 35.9 Å². The van der Waals surface area contributed by atoms with E-state index in [1.165, 1.54) is 4.90 Å². The number of hydrogen-bond acceptors (Lipinski definition) is 3. The van der Waals surface area contributed by atoms with Gasteiger partial charge in [0.05, 0.1) is 13.1 Å². The minimum Gasteiger partial charge on any atom is -0.368 e. The van der Waals surface area contributed by atoms with Gasteiger partial charge in [-0.05, 0) is 11.0 Å². The number of amides is 3. The molecule has 0 aliphatic carbocycles. The standard InChI is InChI=1S/C18H25N3O3/c1-18(2,3)10-16(23)21-12-20(11-13-7-5-4-6-8-13)15(22)9-14(21)17(19)24/h4-8,14H,9-12H2,1-3H3,(H2,19,24). The predicted molar refractivity (Wildman–Crippen MR) is 90.4 cm³/mol. The summed E-state index contributed by atoms with van der Waals surface area (Å²) in [6, 6.07) is 8.70. The van der Waals surface area contributed by atoms with Crippen LogP contribution < -0.4 is 5.73 Å². The third-order valence-electron chi connectivity index (χ3n) is 3.97. The predicted octanol–water partition coefficient (Wildman–Crippen LogP) is 1.50. The summed E-state index contributed by atoms with van der Waals surface area (Å²) in [5.41, 5.74) is 6.19. The van der Waals surface area contributed by atoms with Crippen molar-refractivity contribution in [3.63, 3.8) is 0 Å². The third-order valence-corrected chi connectivity index (χ3v) is 3.97. The number of benzene rings is 1. The Morgan fingerprint density at radius 1 is 1.21 bits per heavy atom. The highest BCUT2D eigenvalue weighted by atomic mass is 16.2. The molecule has 0 bridgehead atoms. The fraction of sp³-hybridized carbons (Fsp3) is 0.500. The Morgan fingerprint density at radius 2 is 1.83 bits per heavy atom. The van der Waals surface area contributed by atoms with Crippen molar-refractivity contribution >= 4 is 17.7 Å². The number of primary amides is 1. The molecule has 24 heavy (non-hydrogen) atoms. The maximum atomic E-state index is 12.6. The molecule has 6 heteroatoms. The average molecular weight is 331 g/mol. The SMILES string of the molecule is CC(C)(C)CC(=O)N1CN(Cc2ccccc2)C(=O)CC1C(N)=O. The Morgan fingerprint density at radius 3 is 2.38 bits per heavy atom. The van der Waals surface area contributed by atoms with E-state index in [-0.39, 0.29) is 30.3 Å². The fourth-order valence-electron chi connectivity index (χ4n) is 2.77. The van der Waals surface area contributed by atoms with Crippen LogP contribution in [0.3, 0.4) is 0 Å². The molecule has 0 spiro atoms. The molecule has 0 radical (unpaired) electrons. The highest BCUT2D eigenvalue weighted by Crippen LogP contribution is 2.24. The first-order valence-electron chi connectivity index (χ1n) is 8.08. The smallest absolute Gasteiger partial charge is 0.240 e. The fourth-order valence-corrected chi connectivity index (χ4v) is 2.77. The molecule has 1 heterocycles. The number of nitrogens with zero attached hydrogens (tertiary/aromatic N) is 2. The van der Waals surface area contributed by atoms with Gasteiger partial charge in [-0.1, -0.05) is 51.1 Å². The Hall–Kier alpha value is -2.37. The van der Waals surface area contributed by atoms with Crippen molar-refractivity contribution in [2.75, 3.05) is 6.67 Å². The van der Waals surface area contributed by atoms with Crippen LogP contribution in [-0.4, -0.2) is 40.2 Å². The number of hydrogen-bond donors (Lipinski definition) is 1. The van der Waals surface area contributed by atoms with Crippen molar-refractivity contribution < 1.29 is 14.4 Å². The van der Waals surface area contributed by atoms with Crippen LogP contribution in [0.5, 0.6) is 0 Å². The molecule has 6 nitrogen and oxygen atoms in total. The zero-order valence-electron chi connectivity index (χ0n) is 14.5. The molecule has 1 aliphatic rings. The van der Waals surface area contributed by atoms with E-state index < -0.39 is 11.9 Å². The molecule has 2 N–H and O–H groups in total. The molecule has 1 atom stereocenters. The lowest BCUT2D eigenvalue weighted by Crippen LogP contribution is -2.59. The largest absolute Gasteiger partial charge is 0.368 e. The second-order valence-corrected chi connectivity index (χ2v) is 7.44.